The maximum Gasteiger partial charge on any atom is 0.288 e. The van der Waals surface area contributed by atoms with E-state index >= 15 is 0 Å². The summed E-state index contributed by atoms with van der Waals surface area (Å²) in [7, 11) is 0. The van der Waals surface area contributed by atoms with Crippen LogP contribution in [0.5, 0.6) is 5.88 Å². The van der Waals surface area contributed by atoms with Crippen LogP contribution in [0.3, 0.4) is 0 Å². The molecular formula is C18H19N7O4. The van der Waals surface area contributed by atoms with Crippen molar-refractivity contribution >= 4 is 17.9 Å². The fraction of sp³-hybridized carbons (Fsp3) is 0.278. The van der Waals surface area contributed by atoms with Crippen LogP contribution in [-0.2, 0) is 0 Å². The van der Waals surface area contributed by atoms with E-state index in [1.54, 1.807) is 18.5 Å². The molecule has 4 heterocycles. The molecule has 29 heavy (non-hydrogen) atoms. The lowest BCUT2D eigenvalue weighted by molar-refractivity contribution is -0.385. The highest BCUT2D eigenvalue weighted by atomic mass is 16.6. The summed E-state index contributed by atoms with van der Waals surface area (Å²) in [6.07, 6.45) is 9.63. The molecule has 11 nitrogen and oxygen atoms in total. The van der Waals surface area contributed by atoms with Crippen LogP contribution in [0.2, 0.25) is 0 Å². The molecule has 3 aliphatic heterocycles. The summed E-state index contributed by atoms with van der Waals surface area (Å²) in [6, 6.07) is 1.31. The van der Waals surface area contributed by atoms with Gasteiger partial charge in [-0.1, -0.05) is 6.08 Å². The molecule has 0 unspecified atom stereocenters. The Hall–Kier alpha value is -3.89. The molecule has 0 aliphatic carbocycles. The lowest BCUT2D eigenvalue weighted by Crippen LogP contribution is -2.37. The average Bonchev–Trinajstić information content (AvgIpc) is 3.20. The second kappa shape index (κ2) is 7.62. The van der Waals surface area contributed by atoms with E-state index in [1.165, 1.54) is 6.07 Å². The van der Waals surface area contributed by atoms with Crippen LogP contribution < -0.4 is 20.8 Å². The quantitative estimate of drug-likeness (QED) is 0.477. The van der Waals surface area contributed by atoms with Gasteiger partial charge in [-0.05, 0) is 31.9 Å². The molecule has 0 spiro atoms. The number of hydrazone groups is 1. The van der Waals surface area contributed by atoms with Gasteiger partial charge < -0.3 is 20.3 Å². The first kappa shape index (κ1) is 18.5. The van der Waals surface area contributed by atoms with E-state index < -0.39 is 10.8 Å². The van der Waals surface area contributed by atoms with Crippen LogP contribution in [-0.4, -0.2) is 39.7 Å². The van der Waals surface area contributed by atoms with E-state index in [0.717, 1.165) is 24.1 Å². The molecule has 4 rings (SSSR count). The van der Waals surface area contributed by atoms with E-state index in [9.17, 15) is 14.9 Å². The lowest BCUT2D eigenvalue weighted by atomic mass is 10.1. The summed E-state index contributed by atoms with van der Waals surface area (Å²) in [4.78, 5) is 29.3. The largest absolute Gasteiger partial charge is 0.477 e. The first-order valence-electron chi connectivity index (χ1n) is 9.08. The topological polar surface area (TPSA) is 134 Å². The highest BCUT2D eigenvalue weighted by molar-refractivity contribution is 5.98. The van der Waals surface area contributed by atoms with Crippen LogP contribution in [0.15, 0.2) is 52.9 Å². The molecule has 0 aromatic carbocycles. The van der Waals surface area contributed by atoms with Gasteiger partial charge in [0.15, 0.2) is 5.82 Å². The van der Waals surface area contributed by atoms with Gasteiger partial charge in [-0.2, -0.15) is 5.10 Å². The molecule has 11 heteroatoms. The van der Waals surface area contributed by atoms with E-state index in [1.807, 2.05) is 11.0 Å². The Morgan fingerprint density at radius 2 is 2.24 bits per heavy atom. The number of rotatable bonds is 1. The standard InChI is InChI=1S/C18H19N7O4/c1-11-4-3-7-29-18-13(8-12(9-19-18)25(27)28)17(26)22-15-6-2-5-14(21-15)16-23-20-10-24(11)16/h2,5-6,8-11,21,23H,3-4,7H2,1H3,(H,22,26)/b16-14-/t11-/m0/s1. The number of hydrogen-bond acceptors (Lipinski definition) is 9. The molecule has 1 aromatic rings. The SMILES string of the molecule is C[C@H]1CCCOc2ncc([N+](=O)[O-])cc2C(=O)NC2=CC=C/C(=C3\NN=CN31)N2. The van der Waals surface area contributed by atoms with E-state index in [-0.39, 0.29) is 23.2 Å². The van der Waals surface area contributed by atoms with Gasteiger partial charge in [-0.15, -0.1) is 0 Å². The number of fused-ring (bicyclic) bond motifs is 4. The minimum absolute atomic E-state index is 0.000264. The zero-order valence-electron chi connectivity index (χ0n) is 15.6. The molecule has 1 aromatic heterocycles. The maximum atomic E-state index is 12.8. The van der Waals surface area contributed by atoms with Crippen molar-refractivity contribution in [1.82, 2.24) is 25.9 Å². The summed E-state index contributed by atoms with van der Waals surface area (Å²) >= 11 is 0. The molecule has 0 radical (unpaired) electrons. The number of nitro groups is 1. The van der Waals surface area contributed by atoms with Crippen molar-refractivity contribution in [3.63, 3.8) is 0 Å². The Morgan fingerprint density at radius 1 is 1.38 bits per heavy atom. The Bertz CT molecular complexity index is 982. The predicted molar refractivity (Wildman–Crippen MR) is 103 cm³/mol. The number of ether oxygens (including phenoxy) is 1. The number of hydrogen-bond donors (Lipinski definition) is 3. The number of amides is 1. The average molecular weight is 397 g/mol. The van der Waals surface area contributed by atoms with Crippen LogP contribution in [0, 0.1) is 10.1 Å². The number of pyridine rings is 1. The summed E-state index contributed by atoms with van der Waals surface area (Å²) in [5.74, 6) is 0.679. The van der Waals surface area contributed by atoms with Gasteiger partial charge in [0.2, 0.25) is 5.88 Å². The van der Waals surface area contributed by atoms with E-state index in [0.29, 0.717) is 18.8 Å². The molecule has 0 fully saturated rings. The second-order valence-electron chi connectivity index (χ2n) is 6.69. The van der Waals surface area contributed by atoms with Crippen molar-refractivity contribution in [2.45, 2.75) is 25.8 Å². The molecule has 150 valence electrons. The summed E-state index contributed by atoms with van der Waals surface area (Å²) in [5, 5.41) is 21.1. The maximum absolute atomic E-state index is 12.8. The number of nitrogens with zero attached hydrogens (tertiary/aromatic N) is 4. The monoisotopic (exact) mass is 397 g/mol. The molecule has 0 saturated heterocycles. The number of aromatic nitrogens is 1. The third-order valence-electron chi connectivity index (χ3n) is 4.68. The van der Waals surface area contributed by atoms with Gasteiger partial charge in [-0.25, -0.2) is 4.98 Å². The minimum Gasteiger partial charge on any atom is -0.477 e. The fourth-order valence-electron chi connectivity index (χ4n) is 3.18. The van der Waals surface area contributed by atoms with Crippen molar-refractivity contribution in [3.8, 4) is 5.88 Å². The van der Waals surface area contributed by atoms with Crippen molar-refractivity contribution in [2.24, 2.45) is 5.10 Å². The molecule has 2 bridgehead atoms. The highest BCUT2D eigenvalue weighted by Gasteiger charge is 2.25. The Kier molecular flexibility index (Phi) is 4.85. The number of carbonyl (C=O) groups excluding carboxylic acids is 1. The number of nitrogens with one attached hydrogen (secondary N) is 3. The fourth-order valence-corrected chi connectivity index (χ4v) is 3.18. The zero-order valence-corrected chi connectivity index (χ0v) is 15.6. The minimum atomic E-state index is -0.600. The van der Waals surface area contributed by atoms with Crippen molar-refractivity contribution in [1.29, 1.82) is 0 Å². The third-order valence-corrected chi connectivity index (χ3v) is 4.68. The number of carbonyl (C=O) groups is 1. The molecule has 3 N–H and O–H groups in total. The second-order valence-corrected chi connectivity index (χ2v) is 6.69. The van der Waals surface area contributed by atoms with Crippen molar-refractivity contribution in [3.05, 3.63) is 63.5 Å². The molecular weight excluding hydrogens is 378 g/mol. The first-order chi connectivity index (χ1) is 14.0. The normalized spacial score (nSPS) is 23.5. The Balaban J connectivity index is 1.70. The van der Waals surface area contributed by atoms with Gasteiger partial charge in [0, 0.05) is 12.1 Å². The van der Waals surface area contributed by atoms with Crippen LogP contribution in [0.1, 0.15) is 30.1 Å². The van der Waals surface area contributed by atoms with E-state index in [2.05, 4.69) is 33.1 Å². The van der Waals surface area contributed by atoms with Gasteiger partial charge in [0.1, 0.15) is 23.9 Å². The summed E-state index contributed by atoms with van der Waals surface area (Å²) in [6.45, 7) is 2.40. The lowest BCUT2D eigenvalue weighted by Gasteiger charge is -2.27. The third kappa shape index (κ3) is 3.74. The number of allylic oxidation sites excluding steroid dienone is 3. The van der Waals surface area contributed by atoms with Crippen molar-refractivity contribution in [2.75, 3.05) is 6.61 Å². The van der Waals surface area contributed by atoms with Crippen LogP contribution >= 0.6 is 0 Å². The Labute approximate surface area is 166 Å². The zero-order chi connectivity index (χ0) is 20.4. The first-order valence-corrected chi connectivity index (χ1v) is 9.08. The Morgan fingerprint density at radius 3 is 3.07 bits per heavy atom. The summed E-state index contributed by atoms with van der Waals surface area (Å²) < 4.78 is 5.67. The van der Waals surface area contributed by atoms with Gasteiger partial charge >= 0.3 is 0 Å². The molecule has 1 amide bonds. The van der Waals surface area contributed by atoms with E-state index in [4.69, 9.17) is 4.74 Å². The van der Waals surface area contributed by atoms with Gasteiger partial charge in [-0.3, -0.25) is 20.3 Å². The molecule has 1 atom stereocenters. The van der Waals surface area contributed by atoms with Crippen molar-refractivity contribution < 1.29 is 14.5 Å². The smallest absolute Gasteiger partial charge is 0.288 e. The highest BCUT2D eigenvalue weighted by Crippen LogP contribution is 2.23. The summed E-state index contributed by atoms with van der Waals surface area (Å²) in [5.41, 5.74) is 3.43. The van der Waals surface area contributed by atoms with Crippen LogP contribution in [0.25, 0.3) is 0 Å². The molecule has 0 saturated carbocycles. The predicted octanol–water partition coefficient (Wildman–Crippen LogP) is 1.30. The number of dihydropyridines is 1. The van der Waals surface area contributed by atoms with Gasteiger partial charge in [0.25, 0.3) is 11.6 Å². The molecule has 3 aliphatic rings. The van der Waals surface area contributed by atoms with Crippen LogP contribution in [0.4, 0.5) is 5.69 Å². The van der Waals surface area contributed by atoms with Gasteiger partial charge in [0.05, 0.1) is 17.2 Å².